The summed E-state index contributed by atoms with van der Waals surface area (Å²) in [6, 6.07) is 10.5. The second kappa shape index (κ2) is 10.5. The smallest absolute Gasteiger partial charge is 0.409 e. The van der Waals surface area contributed by atoms with E-state index in [-0.39, 0.29) is 12.0 Å². The first-order chi connectivity index (χ1) is 13.7. The lowest BCUT2D eigenvalue weighted by Gasteiger charge is -2.35. The Balaban J connectivity index is 1.37. The van der Waals surface area contributed by atoms with E-state index in [0.717, 1.165) is 65.1 Å². The molecule has 2 saturated heterocycles. The second-order valence-electron chi connectivity index (χ2n) is 7.83. The van der Waals surface area contributed by atoms with Gasteiger partial charge in [0.15, 0.2) is 0 Å². The molecule has 2 fully saturated rings. The van der Waals surface area contributed by atoms with Crippen molar-refractivity contribution in [2.75, 3.05) is 45.9 Å². The molecule has 0 saturated carbocycles. The highest BCUT2D eigenvalue weighted by atomic mass is 16.6. The Hall–Kier alpha value is -2.08. The van der Waals surface area contributed by atoms with Gasteiger partial charge in [-0.15, -0.1) is 0 Å². The van der Waals surface area contributed by atoms with Crippen LogP contribution in [-0.4, -0.2) is 72.6 Å². The quantitative estimate of drug-likeness (QED) is 0.753. The number of carbonyl (C=O) groups is 2. The SMILES string of the molecule is CCOC(=O)N1CCC[C@@H](CCC(=O)N2CCN(Cc3ccccc3)CC2)C1. The van der Waals surface area contributed by atoms with Crippen molar-refractivity contribution >= 4 is 12.0 Å². The number of benzene rings is 1. The number of piperidine rings is 1. The number of ether oxygens (including phenoxy) is 1. The Bertz CT molecular complexity index is 629. The van der Waals surface area contributed by atoms with E-state index in [4.69, 9.17) is 4.74 Å². The van der Waals surface area contributed by atoms with E-state index in [0.29, 0.717) is 18.9 Å². The number of carbonyl (C=O) groups excluding carboxylic acids is 2. The van der Waals surface area contributed by atoms with Crippen molar-refractivity contribution in [2.45, 2.75) is 39.2 Å². The van der Waals surface area contributed by atoms with Gasteiger partial charge in [-0.3, -0.25) is 9.69 Å². The van der Waals surface area contributed by atoms with Crippen LogP contribution >= 0.6 is 0 Å². The first kappa shape index (κ1) is 20.6. The van der Waals surface area contributed by atoms with Crippen molar-refractivity contribution in [1.82, 2.24) is 14.7 Å². The maximum atomic E-state index is 12.6. The first-order valence-corrected chi connectivity index (χ1v) is 10.6. The van der Waals surface area contributed by atoms with Gasteiger partial charge in [-0.05, 0) is 37.7 Å². The lowest BCUT2D eigenvalue weighted by atomic mass is 9.93. The minimum Gasteiger partial charge on any atom is -0.450 e. The lowest BCUT2D eigenvalue weighted by Crippen LogP contribution is -2.48. The van der Waals surface area contributed by atoms with Crippen LogP contribution in [0.3, 0.4) is 0 Å². The average Bonchev–Trinajstić information content (AvgIpc) is 2.74. The van der Waals surface area contributed by atoms with Crippen LogP contribution in [-0.2, 0) is 16.1 Å². The summed E-state index contributed by atoms with van der Waals surface area (Å²) in [4.78, 5) is 30.8. The van der Waals surface area contributed by atoms with Crippen LogP contribution in [0, 0.1) is 5.92 Å². The second-order valence-corrected chi connectivity index (χ2v) is 7.83. The van der Waals surface area contributed by atoms with Gasteiger partial charge >= 0.3 is 6.09 Å². The molecule has 0 radical (unpaired) electrons. The molecule has 6 heteroatoms. The largest absolute Gasteiger partial charge is 0.450 e. The minimum absolute atomic E-state index is 0.215. The van der Waals surface area contributed by atoms with Crippen molar-refractivity contribution in [3.05, 3.63) is 35.9 Å². The highest BCUT2D eigenvalue weighted by Crippen LogP contribution is 2.22. The maximum Gasteiger partial charge on any atom is 0.409 e. The van der Waals surface area contributed by atoms with E-state index in [1.54, 1.807) is 4.90 Å². The molecule has 2 aliphatic rings. The molecule has 0 bridgehead atoms. The Morgan fingerprint density at radius 2 is 1.79 bits per heavy atom. The predicted octanol–water partition coefficient (Wildman–Crippen LogP) is 2.98. The Morgan fingerprint density at radius 1 is 1.04 bits per heavy atom. The number of rotatable bonds is 6. The van der Waals surface area contributed by atoms with Crippen molar-refractivity contribution < 1.29 is 14.3 Å². The molecule has 0 spiro atoms. The van der Waals surface area contributed by atoms with Gasteiger partial charge in [0.25, 0.3) is 0 Å². The molecule has 2 amide bonds. The van der Waals surface area contributed by atoms with Crippen molar-refractivity contribution in [3.8, 4) is 0 Å². The fourth-order valence-electron chi connectivity index (χ4n) is 4.16. The van der Waals surface area contributed by atoms with Gasteiger partial charge in [-0.1, -0.05) is 30.3 Å². The van der Waals surface area contributed by atoms with Crippen LogP contribution in [0.15, 0.2) is 30.3 Å². The highest BCUT2D eigenvalue weighted by Gasteiger charge is 2.26. The maximum absolute atomic E-state index is 12.6. The molecule has 3 rings (SSSR count). The molecule has 154 valence electrons. The molecular formula is C22H33N3O3. The molecule has 2 aliphatic heterocycles. The number of piperazine rings is 1. The molecular weight excluding hydrogens is 354 g/mol. The molecule has 0 aromatic heterocycles. The average molecular weight is 388 g/mol. The third-order valence-electron chi connectivity index (χ3n) is 5.79. The topological polar surface area (TPSA) is 53.1 Å². The van der Waals surface area contributed by atoms with Gasteiger partial charge in [-0.25, -0.2) is 4.79 Å². The molecule has 1 aromatic carbocycles. The summed E-state index contributed by atoms with van der Waals surface area (Å²) >= 11 is 0. The number of hydrogen-bond acceptors (Lipinski definition) is 4. The molecule has 28 heavy (non-hydrogen) atoms. The Labute approximate surface area is 168 Å². The molecule has 0 N–H and O–H groups in total. The van der Waals surface area contributed by atoms with Gasteiger partial charge in [0.1, 0.15) is 0 Å². The van der Waals surface area contributed by atoms with Crippen LogP contribution in [0.25, 0.3) is 0 Å². The van der Waals surface area contributed by atoms with E-state index in [9.17, 15) is 9.59 Å². The summed E-state index contributed by atoms with van der Waals surface area (Å²) in [5, 5.41) is 0. The fourth-order valence-corrected chi connectivity index (χ4v) is 4.16. The zero-order chi connectivity index (χ0) is 19.8. The number of likely N-dealkylation sites (tertiary alicyclic amines) is 1. The van der Waals surface area contributed by atoms with Crippen LogP contribution in [0.5, 0.6) is 0 Å². The summed E-state index contributed by atoms with van der Waals surface area (Å²) in [6.45, 7) is 8.17. The lowest BCUT2D eigenvalue weighted by molar-refractivity contribution is -0.133. The van der Waals surface area contributed by atoms with Gasteiger partial charge in [0.05, 0.1) is 6.61 Å². The monoisotopic (exact) mass is 387 g/mol. The molecule has 0 aliphatic carbocycles. The summed E-state index contributed by atoms with van der Waals surface area (Å²) < 4.78 is 5.11. The van der Waals surface area contributed by atoms with Crippen molar-refractivity contribution in [2.24, 2.45) is 5.92 Å². The summed E-state index contributed by atoms with van der Waals surface area (Å²) in [7, 11) is 0. The van der Waals surface area contributed by atoms with E-state index in [1.807, 2.05) is 17.9 Å². The third kappa shape index (κ3) is 5.96. The zero-order valence-electron chi connectivity index (χ0n) is 17.0. The first-order valence-electron chi connectivity index (χ1n) is 10.6. The van der Waals surface area contributed by atoms with Crippen LogP contribution in [0.4, 0.5) is 4.79 Å². The normalized spacial score (nSPS) is 20.8. The Kier molecular flexibility index (Phi) is 7.71. The Morgan fingerprint density at radius 3 is 2.50 bits per heavy atom. The zero-order valence-corrected chi connectivity index (χ0v) is 17.0. The summed E-state index contributed by atoms with van der Waals surface area (Å²) in [5.41, 5.74) is 1.32. The van der Waals surface area contributed by atoms with E-state index in [1.165, 1.54) is 5.56 Å². The molecule has 2 heterocycles. The molecule has 0 unspecified atom stereocenters. The highest BCUT2D eigenvalue weighted by molar-refractivity contribution is 5.76. The molecule has 6 nitrogen and oxygen atoms in total. The van der Waals surface area contributed by atoms with E-state index in [2.05, 4.69) is 29.2 Å². The standard InChI is InChI=1S/C22H33N3O3/c1-2-28-22(27)25-12-6-9-20(18-25)10-11-21(26)24-15-13-23(14-16-24)17-19-7-4-3-5-8-19/h3-5,7-8,20H,2,6,9-18H2,1H3/t20-/m0/s1. The fraction of sp³-hybridized carbons (Fsp3) is 0.636. The van der Waals surface area contributed by atoms with Crippen LogP contribution in [0.1, 0.15) is 38.2 Å². The molecule has 1 atom stereocenters. The number of hydrogen-bond donors (Lipinski definition) is 0. The van der Waals surface area contributed by atoms with Crippen molar-refractivity contribution in [3.63, 3.8) is 0 Å². The van der Waals surface area contributed by atoms with Crippen LogP contribution in [0.2, 0.25) is 0 Å². The summed E-state index contributed by atoms with van der Waals surface area (Å²) in [6.07, 6.45) is 3.32. The van der Waals surface area contributed by atoms with E-state index >= 15 is 0 Å². The van der Waals surface area contributed by atoms with Gasteiger partial charge in [0.2, 0.25) is 5.91 Å². The molecule has 1 aromatic rings. The van der Waals surface area contributed by atoms with Crippen LogP contribution < -0.4 is 0 Å². The number of nitrogens with zero attached hydrogens (tertiary/aromatic N) is 3. The van der Waals surface area contributed by atoms with Crippen molar-refractivity contribution in [1.29, 1.82) is 0 Å². The summed E-state index contributed by atoms with van der Waals surface area (Å²) in [5.74, 6) is 0.661. The minimum atomic E-state index is -0.215. The third-order valence-corrected chi connectivity index (χ3v) is 5.79. The van der Waals surface area contributed by atoms with Gasteiger partial charge < -0.3 is 14.5 Å². The van der Waals surface area contributed by atoms with Gasteiger partial charge in [-0.2, -0.15) is 0 Å². The van der Waals surface area contributed by atoms with Gasteiger partial charge in [0, 0.05) is 52.2 Å². The predicted molar refractivity (Wildman–Crippen MR) is 109 cm³/mol. The number of amides is 2. The van der Waals surface area contributed by atoms with E-state index < -0.39 is 0 Å².